The van der Waals surface area contributed by atoms with Crippen molar-refractivity contribution in [2.45, 2.75) is 51.7 Å². The molecule has 27 heavy (non-hydrogen) atoms. The lowest BCUT2D eigenvalue weighted by Crippen LogP contribution is -2.66. The number of aliphatic carboxylic acids is 1. The van der Waals surface area contributed by atoms with Gasteiger partial charge in [-0.25, -0.2) is 0 Å². The van der Waals surface area contributed by atoms with Gasteiger partial charge in [-0.3, -0.25) is 9.59 Å². The van der Waals surface area contributed by atoms with E-state index in [1.165, 1.54) is 5.57 Å². The summed E-state index contributed by atoms with van der Waals surface area (Å²) >= 11 is 5.98. The predicted molar refractivity (Wildman–Crippen MR) is 102 cm³/mol. The fourth-order valence-corrected chi connectivity index (χ4v) is 5.11. The van der Waals surface area contributed by atoms with Gasteiger partial charge in [-0.1, -0.05) is 23.3 Å². The third-order valence-corrected chi connectivity index (χ3v) is 6.71. The smallest absolute Gasteiger partial charge is 0.309 e. The van der Waals surface area contributed by atoms with E-state index in [1.54, 1.807) is 32.0 Å². The molecule has 2 N–H and O–H groups in total. The van der Waals surface area contributed by atoms with E-state index in [4.69, 9.17) is 16.3 Å². The number of halogens is 1. The fourth-order valence-electron chi connectivity index (χ4n) is 4.89. The number of benzene rings is 1. The van der Waals surface area contributed by atoms with E-state index in [1.807, 2.05) is 6.92 Å². The zero-order valence-corrected chi connectivity index (χ0v) is 16.5. The zero-order valence-electron chi connectivity index (χ0n) is 15.7. The largest absolute Gasteiger partial charge is 0.481 e. The minimum Gasteiger partial charge on any atom is -0.481 e. The average molecular weight is 390 g/mol. The molecule has 6 heteroatoms. The first-order valence-electron chi connectivity index (χ1n) is 9.32. The van der Waals surface area contributed by atoms with E-state index in [2.05, 4.69) is 11.4 Å². The van der Waals surface area contributed by atoms with Gasteiger partial charge in [-0.05, 0) is 63.8 Å². The maximum atomic E-state index is 12.9. The molecule has 0 aliphatic heterocycles. The Balaban J connectivity index is 1.45. The summed E-state index contributed by atoms with van der Waals surface area (Å²) in [5.41, 5.74) is 0.524. The number of hydrogen-bond donors (Lipinski definition) is 2. The first-order chi connectivity index (χ1) is 12.6. The van der Waals surface area contributed by atoms with Gasteiger partial charge in [0.05, 0.1) is 5.41 Å². The lowest BCUT2D eigenvalue weighted by molar-refractivity contribution is -0.158. The number of fused-ring (bicyclic) bond motifs is 1. The molecule has 3 fully saturated rings. The molecule has 1 aromatic rings. The van der Waals surface area contributed by atoms with Crippen molar-refractivity contribution in [1.29, 1.82) is 0 Å². The lowest BCUT2D eigenvalue weighted by atomic mass is 9.45. The highest BCUT2D eigenvalue weighted by Crippen LogP contribution is 2.62. The Morgan fingerprint density at radius 1 is 1.30 bits per heavy atom. The van der Waals surface area contributed by atoms with Crippen molar-refractivity contribution in [3.8, 4) is 5.75 Å². The Hall–Kier alpha value is -2.01. The topological polar surface area (TPSA) is 75.6 Å². The Kier molecular flexibility index (Phi) is 4.08. The highest BCUT2D eigenvalue weighted by Gasteiger charge is 2.62. The summed E-state index contributed by atoms with van der Waals surface area (Å²) in [6.07, 6.45) is 3.94. The summed E-state index contributed by atoms with van der Waals surface area (Å²) in [6.45, 7) is 5.38. The van der Waals surface area contributed by atoms with E-state index in [9.17, 15) is 14.7 Å². The predicted octanol–water partition coefficient (Wildman–Crippen LogP) is 3.73. The summed E-state index contributed by atoms with van der Waals surface area (Å²) in [4.78, 5) is 24.6. The molecule has 4 atom stereocenters. The fraction of sp³-hybridized carbons (Fsp3) is 0.524. The van der Waals surface area contributed by atoms with Gasteiger partial charge in [-0.15, -0.1) is 0 Å². The van der Waals surface area contributed by atoms with E-state index >= 15 is 0 Å². The molecule has 0 heterocycles. The van der Waals surface area contributed by atoms with Crippen molar-refractivity contribution in [2.75, 3.05) is 0 Å². The third-order valence-electron chi connectivity index (χ3n) is 6.47. The summed E-state index contributed by atoms with van der Waals surface area (Å²) in [5, 5.41) is 13.4. The quantitative estimate of drug-likeness (QED) is 0.752. The zero-order chi connectivity index (χ0) is 19.6. The highest BCUT2D eigenvalue weighted by molar-refractivity contribution is 6.30. The molecule has 5 nitrogen and oxygen atoms in total. The van der Waals surface area contributed by atoms with Gasteiger partial charge < -0.3 is 15.2 Å². The van der Waals surface area contributed by atoms with Crippen LogP contribution in [0.25, 0.3) is 0 Å². The Morgan fingerprint density at radius 3 is 2.56 bits per heavy atom. The molecule has 6 rings (SSSR count). The van der Waals surface area contributed by atoms with Crippen molar-refractivity contribution in [3.05, 3.63) is 40.4 Å². The Morgan fingerprint density at radius 2 is 1.96 bits per heavy atom. The second-order valence-corrected chi connectivity index (χ2v) is 9.07. The molecule has 0 unspecified atom stereocenters. The van der Waals surface area contributed by atoms with Crippen LogP contribution in [0.15, 0.2) is 29.8 Å². The first-order valence-corrected chi connectivity index (χ1v) is 9.70. The number of nitrogens with one attached hydrogen (secondary N) is 1. The van der Waals surface area contributed by atoms with Crippen LogP contribution in [-0.2, 0) is 9.59 Å². The van der Waals surface area contributed by atoms with Gasteiger partial charge in [0.15, 0.2) is 5.60 Å². The normalized spacial score (nSPS) is 31.0. The molecule has 4 bridgehead atoms. The second-order valence-electron chi connectivity index (χ2n) is 8.64. The molecule has 0 aromatic heterocycles. The number of amides is 1. The molecule has 3 saturated carbocycles. The molecule has 5 aliphatic rings. The minimum absolute atomic E-state index is 0.00529. The number of hydrogen-bond acceptors (Lipinski definition) is 3. The molecular formula is C21H24ClNO4. The summed E-state index contributed by atoms with van der Waals surface area (Å²) < 4.78 is 5.98. The molecular weight excluding hydrogens is 366 g/mol. The van der Waals surface area contributed by atoms with Crippen molar-refractivity contribution in [3.63, 3.8) is 0 Å². The van der Waals surface area contributed by atoms with E-state index in [-0.39, 0.29) is 23.8 Å². The average Bonchev–Trinajstić information content (AvgIpc) is 2.62. The van der Waals surface area contributed by atoms with Crippen LogP contribution in [-0.4, -0.2) is 28.6 Å². The maximum absolute atomic E-state index is 12.9. The van der Waals surface area contributed by atoms with E-state index in [0.717, 1.165) is 5.56 Å². The second kappa shape index (κ2) is 5.99. The number of allylic oxidation sites excluding steroid dienone is 1. The molecule has 0 spiro atoms. The standard InChI is InChI=1S/C21H24ClNO4/c1-11-8-12(22)4-5-16(11)27-20(2,3)18(24)23-17-14-9-21(19(25)26)7-6-13(14)15(17)10-21/h4-6,8,14-15,17H,7,9-10H2,1-3H3,(H,23,24)(H,25,26)/t14-,15+,17-,21-. The van der Waals surface area contributed by atoms with E-state index < -0.39 is 17.0 Å². The molecule has 1 amide bonds. The van der Waals surface area contributed by atoms with Crippen molar-refractivity contribution < 1.29 is 19.4 Å². The van der Waals surface area contributed by atoms with Crippen LogP contribution in [0.5, 0.6) is 5.75 Å². The van der Waals surface area contributed by atoms with Crippen LogP contribution in [0, 0.1) is 24.2 Å². The minimum atomic E-state index is -1.04. The third kappa shape index (κ3) is 2.83. The monoisotopic (exact) mass is 389 g/mol. The van der Waals surface area contributed by atoms with Crippen LogP contribution in [0.3, 0.4) is 0 Å². The Bertz CT molecular complexity index is 844. The van der Waals surface area contributed by atoms with E-state index in [0.29, 0.717) is 30.0 Å². The van der Waals surface area contributed by atoms with Crippen LogP contribution in [0.1, 0.15) is 38.7 Å². The van der Waals surface area contributed by atoms with Gasteiger partial charge in [0.25, 0.3) is 5.91 Å². The SMILES string of the molecule is Cc1cc(Cl)ccc1OC(C)(C)C(=O)N[C@@H]1[C@@H]2C[C@]3(C(=O)O)CC=C2[C@@H]1C3. The summed E-state index contributed by atoms with van der Waals surface area (Å²) in [5.74, 6) is 0.0228. The molecule has 144 valence electrons. The molecule has 1 aromatic carbocycles. The van der Waals surface area contributed by atoms with Crippen molar-refractivity contribution in [1.82, 2.24) is 5.32 Å². The number of aryl methyl sites for hydroxylation is 1. The van der Waals surface area contributed by atoms with Crippen LogP contribution in [0.2, 0.25) is 5.02 Å². The van der Waals surface area contributed by atoms with Crippen molar-refractivity contribution in [2.24, 2.45) is 17.3 Å². The van der Waals surface area contributed by atoms with Crippen LogP contribution < -0.4 is 10.1 Å². The van der Waals surface area contributed by atoms with Gasteiger partial charge in [-0.2, -0.15) is 0 Å². The van der Waals surface area contributed by atoms with Gasteiger partial charge in [0, 0.05) is 22.9 Å². The number of ether oxygens (including phenoxy) is 1. The maximum Gasteiger partial charge on any atom is 0.309 e. The molecule has 0 radical (unpaired) electrons. The van der Waals surface area contributed by atoms with Gasteiger partial charge >= 0.3 is 5.97 Å². The van der Waals surface area contributed by atoms with Crippen LogP contribution >= 0.6 is 11.6 Å². The summed E-state index contributed by atoms with van der Waals surface area (Å²) in [7, 11) is 0. The van der Waals surface area contributed by atoms with Crippen LogP contribution in [0.4, 0.5) is 0 Å². The molecule has 0 saturated heterocycles. The highest BCUT2D eigenvalue weighted by atomic mass is 35.5. The summed E-state index contributed by atoms with van der Waals surface area (Å²) in [6, 6.07) is 5.31. The lowest BCUT2D eigenvalue weighted by Gasteiger charge is -2.61. The number of carbonyl (C=O) groups is 2. The van der Waals surface area contributed by atoms with Gasteiger partial charge in [0.1, 0.15) is 5.75 Å². The first kappa shape index (κ1) is 18.4. The molecule has 5 aliphatic carbocycles. The number of carboxylic acids is 1. The number of carbonyl (C=O) groups excluding carboxylic acids is 1. The Labute approximate surface area is 163 Å². The van der Waals surface area contributed by atoms with Gasteiger partial charge in [0.2, 0.25) is 0 Å². The number of carboxylic acid groups (broad SMARTS) is 1. The number of rotatable bonds is 5. The van der Waals surface area contributed by atoms with Crippen molar-refractivity contribution >= 4 is 23.5 Å².